The van der Waals surface area contributed by atoms with Crippen molar-refractivity contribution < 1.29 is 0 Å². The molecule has 0 aliphatic heterocycles. The predicted octanol–water partition coefficient (Wildman–Crippen LogP) is 4.13. The lowest BCUT2D eigenvalue weighted by Crippen LogP contribution is -1.92. The first-order valence-corrected chi connectivity index (χ1v) is 4.68. The third kappa shape index (κ3) is 5.06. The highest BCUT2D eigenvalue weighted by atomic mass is 14.1. The van der Waals surface area contributed by atoms with Gasteiger partial charge in [0, 0.05) is 0 Å². The zero-order valence-electron chi connectivity index (χ0n) is 8.41. The standard InChI is InChI=1S/C11H21/c1-5-7-8-9-11(4)10(3)6-2/h6H,5,7-9H2,1-4H3. The quantitative estimate of drug-likeness (QED) is 0.521. The van der Waals surface area contributed by atoms with Crippen LogP contribution in [0.4, 0.5) is 0 Å². The second kappa shape index (κ2) is 6.45. The predicted molar refractivity (Wildman–Crippen MR) is 52.5 cm³/mol. The van der Waals surface area contributed by atoms with Gasteiger partial charge in [-0.1, -0.05) is 44.8 Å². The molecule has 0 atom stereocenters. The maximum absolute atomic E-state index is 2.25. The van der Waals surface area contributed by atoms with Crippen molar-refractivity contribution in [2.45, 2.75) is 53.4 Å². The molecule has 0 N–H and O–H groups in total. The number of hydrogen-bond donors (Lipinski definition) is 0. The van der Waals surface area contributed by atoms with Crippen LogP contribution in [0.1, 0.15) is 53.4 Å². The Morgan fingerprint density at radius 2 is 1.82 bits per heavy atom. The van der Waals surface area contributed by atoms with Gasteiger partial charge in [-0.05, 0) is 26.2 Å². The number of allylic oxidation sites excluding steroid dienone is 2. The molecule has 0 aromatic rings. The molecule has 0 heterocycles. The molecule has 0 aliphatic rings. The highest BCUT2D eigenvalue weighted by Gasteiger charge is 2.02. The summed E-state index contributed by atoms with van der Waals surface area (Å²) in [6.45, 7) is 8.79. The highest BCUT2D eigenvalue weighted by molar-refractivity contribution is 5.18. The van der Waals surface area contributed by atoms with Gasteiger partial charge in [-0.25, -0.2) is 0 Å². The second-order valence-electron chi connectivity index (χ2n) is 3.21. The van der Waals surface area contributed by atoms with Crippen molar-refractivity contribution in [1.29, 1.82) is 0 Å². The zero-order chi connectivity index (χ0) is 8.69. The van der Waals surface area contributed by atoms with E-state index in [9.17, 15) is 0 Å². The van der Waals surface area contributed by atoms with Crippen molar-refractivity contribution in [3.63, 3.8) is 0 Å². The molecule has 0 aromatic heterocycles. The van der Waals surface area contributed by atoms with E-state index in [0.29, 0.717) is 0 Å². The Morgan fingerprint density at radius 1 is 1.18 bits per heavy atom. The summed E-state index contributed by atoms with van der Waals surface area (Å²) in [6.07, 6.45) is 7.52. The number of unbranched alkanes of at least 4 members (excludes halogenated alkanes) is 2. The summed E-state index contributed by atoms with van der Waals surface area (Å²) in [6, 6.07) is 0. The minimum Gasteiger partial charge on any atom is -0.0882 e. The van der Waals surface area contributed by atoms with Crippen LogP contribution >= 0.6 is 0 Å². The van der Waals surface area contributed by atoms with Crippen molar-refractivity contribution in [3.05, 3.63) is 17.6 Å². The highest BCUT2D eigenvalue weighted by Crippen LogP contribution is 2.19. The Kier molecular flexibility index (Phi) is 6.30. The fourth-order valence-corrected chi connectivity index (χ4v) is 1.08. The lowest BCUT2D eigenvalue weighted by atomic mass is 9.96. The first-order chi connectivity index (χ1) is 5.22. The molecule has 11 heavy (non-hydrogen) atoms. The minimum atomic E-state index is 1.28. The van der Waals surface area contributed by atoms with E-state index >= 15 is 0 Å². The van der Waals surface area contributed by atoms with E-state index in [1.54, 1.807) is 5.92 Å². The first-order valence-electron chi connectivity index (χ1n) is 4.68. The van der Waals surface area contributed by atoms with Crippen LogP contribution in [0.15, 0.2) is 11.6 Å². The van der Waals surface area contributed by atoms with E-state index in [-0.39, 0.29) is 0 Å². The molecule has 0 amide bonds. The molecule has 0 saturated heterocycles. The Bertz CT molecular complexity index is 111. The van der Waals surface area contributed by atoms with E-state index in [2.05, 4.69) is 33.8 Å². The molecule has 0 aromatic carbocycles. The summed E-state index contributed by atoms with van der Waals surface area (Å²) in [7, 11) is 0. The molecule has 65 valence electrons. The van der Waals surface area contributed by atoms with Crippen molar-refractivity contribution >= 4 is 0 Å². The zero-order valence-corrected chi connectivity index (χ0v) is 8.41. The smallest absolute Gasteiger partial charge is 0.00284 e. The molecule has 0 fully saturated rings. The van der Waals surface area contributed by atoms with E-state index in [1.165, 1.54) is 31.3 Å². The fourth-order valence-electron chi connectivity index (χ4n) is 1.08. The normalized spacial score (nSPS) is 12.6. The number of hydrogen-bond acceptors (Lipinski definition) is 0. The third-order valence-corrected chi connectivity index (χ3v) is 2.26. The van der Waals surface area contributed by atoms with Crippen molar-refractivity contribution in [2.24, 2.45) is 0 Å². The van der Waals surface area contributed by atoms with Crippen LogP contribution in [0.25, 0.3) is 0 Å². The van der Waals surface area contributed by atoms with Gasteiger partial charge in [-0.2, -0.15) is 0 Å². The molecule has 0 bridgehead atoms. The maximum Gasteiger partial charge on any atom is -0.00284 e. The third-order valence-electron chi connectivity index (χ3n) is 2.26. The lowest BCUT2D eigenvalue weighted by Gasteiger charge is -2.09. The SMILES string of the molecule is CC=C(C)[C](C)CCCCC. The van der Waals surface area contributed by atoms with Gasteiger partial charge in [0.05, 0.1) is 0 Å². The molecule has 0 aliphatic carbocycles. The molecular formula is C11H21. The lowest BCUT2D eigenvalue weighted by molar-refractivity contribution is 0.682. The van der Waals surface area contributed by atoms with E-state index in [1.807, 2.05) is 0 Å². The summed E-state index contributed by atoms with van der Waals surface area (Å²) >= 11 is 0. The fraction of sp³-hybridized carbons (Fsp3) is 0.727. The van der Waals surface area contributed by atoms with Crippen LogP contribution in [0, 0.1) is 5.92 Å². The Balaban J connectivity index is 3.44. The summed E-state index contributed by atoms with van der Waals surface area (Å²) in [4.78, 5) is 0. The second-order valence-corrected chi connectivity index (χ2v) is 3.21. The Morgan fingerprint density at radius 3 is 2.27 bits per heavy atom. The summed E-state index contributed by atoms with van der Waals surface area (Å²) in [5.74, 6) is 1.56. The molecule has 1 radical (unpaired) electrons. The van der Waals surface area contributed by atoms with Crippen molar-refractivity contribution in [3.8, 4) is 0 Å². The van der Waals surface area contributed by atoms with Crippen molar-refractivity contribution in [1.82, 2.24) is 0 Å². The van der Waals surface area contributed by atoms with Crippen LogP contribution < -0.4 is 0 Å². The van der Waals surface area contributed by atoms with Crippen molar-refractivity contribution in [2.75, 3.05) is 0 Å². The molecule has 0 nitrogen and oxygen atoms in total. The largest absolute Gasteiger partial charge is 0.0882 e. The minimum absolute atomic E-state index is 1.28. The Labute approximate surface area is 71.7 Å². The summed E-state index contributed by atoms with van der Waals surface area (Å²) < 4.78 is 0. The average molecular weight is 153 g/mol. The number of rotatable bonds is 5. The van der Waals surface area contributed by atoms with Gasteiger partial charge < -0.3 is 0 Å². The maximum atomic E-state index is 2.25. The molecule has 0 unspecified atom stereocenters. The molecule has 0 rings (SSSR count). The van der Waals surface area contributed by atoms with Gasteiger partial charge in [-0.15, -0.1) is 0 Å². The van der Waals surface area contributed by atoms with Gasteiger partial charge in [-0.3, -0.25) is 0 Å². The molecule has 0 heteroatoms. The van der Waals surface area contributed by atoms with Crippen LogP contribution in [0.2, 0.25) is 0 Å². The van der Waals surface area contributed by atoms with Gasteiger partial charge in [0.2, 0.25) is 0 Å². The monoisotopic (exact) mass is 153 g/mol. The van der Waals surface area contributed by atoms with Gasteiger partial charge in [0.15, 0.2) is 0 Å². The van der Waals surface area contributed by atoms with Crippen LogP contribution in [-0.4, -0.2) is 0 Å². The van der Waals surface area contributed by atoms with Gasteiger partial charge >= 0.3 is 0 Å². The summed E-state index contributed by atoms with van der Waals surface area (Å²) in [5, 5.41) is 0. The molecule has 0 spiro atoms. The first kappa shape index (κ1) is 10.7. The average Bonchev–Trinajstić information content (AvgIpc) is 2.03. The van der Waals surface area contributed by atoms with Gasteiger partial charge in [0.25, 0.3) is 0 Å². The van der Waals surface area contributed by atoms with E-state index < -0.39 is 0 Å². The van der Waals surface area contributed by atoms with Gasteiger partial charge in [0.1, 0.15) is 0 Å². The van der Waals surface area contributed by atoms with Crippen LogP contribution in [0.3, 0.4) is 0 Å². The summed E-state index contributed by atoms with van der Waals surface area (Å²) in [5.41, 5.74) is 1.46. The Hall–Kier alpha value is -0.260. The van der Waals surface area contributed by atoms with E-state index in [0.717, 1.165) is 0 Å². The van der Waals surface area contributed by atoms with Crippen LogP contribution in [0.5, 0.6) is 0 Å². The topological polar surface area (TPSA) is 0 Å². The molecule has 0 saturated carbocycles. The van der Waals surface area contributed by atoms with Crippen LogP contribution in [-0.2, 0) is 0 Å². The van der Waals surface area contributed by atoms with E-state index in [4.69, 9.17) is 0 Å². The molecular weight excluding hydrogens is 132 g/mol.